The number of carbonyl (C=O) groups excluding carboxylic acids is 1. The maximum atomic E-state index is 12.7. The van der Waals surface area contributed by atoms with Crippen LogP contribution in [0.4, 0.5) is 0 Å². The molecule has 1 amide bonds. The third-order valence-electron chi connectivity index (χ3n) is 4.04. The Balaban J connectivity index is 1.84. The monoisotopic (exact) mass is 309 g/mol. The van der Waals surface area contributed by atoms with Crippen LogP contribution in [0.15, 0.2) is 24.3 Å². The van der Waals surface area contributed by atoms with Gasteiger partial charge in [-0.05, 0) is 32.3 Å². The average molecular weight is 309 g/mol. The van der Waals surface area contributed by atoms with Gasteiger partial charge in [0.15, 0.2) is 0 Å². The fourth-order valence-electron chi connectivity index (χ4n) is 2.95. The molecule has 2 aromatic rings. The summed E-state index contributed by atoms with van der Waals surface area (Å²) in [5.74, 6) is -0.0471. The molecule has 0 saturated carbocycles. The van der Waals surface area contributed by atoms with Crippen LogP contribution < -0.4 is 0 Å². The lowest BCUT2D eigenvalue weighted by Crippen LogP contribution is -2.26. The Hall–Kier alpha value is -2.65. The molecular formula is C17H19N5O. The van der Waals surface area contributed by atoms with Crippen LogP contribution >= 0.6 is 0 Å². The molecule has 0 spiro atoms. The summed E-state index contributed by atoms with van der Waals surface area (Å²) in [6.07, 6.45) is 0. The van der Waals surface area contributed by atoms with Gasteiger partial charge in [-0.15, -0.1) is 0 Å². The Morgan fingerprint density at radius 3 is 2.87 bits per heavy atom. The van der Waals surface area contributed by atoms with E-state index in [1.54, 1.807) is 24.3 Å². The molecule has 6 heteroatoms. The van der Waals surface area contributed by atoms with Crippen LogP contribution in [0, 0.1) is 11.3 Å². The van der Waals surface area contributed by atoms with Crippen molar-refractivity contribution < 1.29 is 4.79 Å². The van der Waals surface area contributed by atoms with Crippen LogP contribution in [0.2, 0.25) is 0 Å². The average Bonchev–Trinajstić information content (AvgIpc) is 3.08. The molecule has 0 radical (unpaired) electrons. The van der Waals surface area contributed by atoms with Crippen molar-refractivity contribution in [1.29, 1.82) is 5.26 Å². The number of fused-ring (bicyclic) bond motifs is 1. The summed E-state index contributed by atoms with van der Waals surface area (Å²) < 4.78 is 1.87. The first-order chi connectivity index (χ1) is 11.0. The van der Waals surface area contributed by atoms with Gasteiger partial charge in [0.05, 0.1) is 36.1 Å². The number of amides is 1. The molecule has 1 aromatic heterocycles. The zero-order chi connectivity index (χ0) is 16.6. The van der Waals surface area contributed by atoms with Crippen molar-refractivity contribution in [1.82, 2.24) is 19.6 Å². The molecule has 0 fully saturated rings. The zero-order valence-electron chi connectivity index (χ0n) is 13.6. The topological polar surface area (TPSA) is 65.2 Å². The number of hydrogen-bond donors (Lipinski definition) is 0. The number of hydrogen-bond acceptors (Lipinski definition) is 4. The fourth-order valence-corrected chi connectivity index (χ4v) is 2.95. The van der Waals surface area contributed by atoms with Crippen LogP contribution in [-0.2, 0) is 26.7 Å². The first kappa shape index (κ1) is 15.3. The summed E-state index contributed by atoms with van der Waals surface area (Å²) in [6, 6.07) is 8.92. The molecule has 1 aliphatic heterocycles. The van der Waals surface area contributed by atoms with Crippen LogP contribution in [0.25, 0.3) is 0 Å². The van der Waals surface area contributed by atoms with Crippen LogP contribution in [0.1, 0.15) is 32.9 Å². The first-order valence-corrected chi connectivity index (χ1v) is 7.47. The van der Waals surface area contributed by atoms with E-state index in [4.69, 9.17) is 5.26 Å². The number of aryl methyl sites for hydroxylation is 1. The second-order valence-corrected chi connectivity index (χ2v) is 6.09. The van der Waals surface area contributed by atoms with E-state index in [0.29, 0.717) is 24.2 Å². The Morgan fingerprint density at radius 1 is 1.39 bits per heavy atom. The van der Waals surface area contributed by atoms with Crippen molar-refractivity contribution in [3.05, 3.63) is 52.3 Å². The van der Waals surface area contributed by atoms with Gasteiger partial charge in [-0.1, -0.05) is 6.07 Å². The maximum absolute atomic E-state index is 12.7. The molecule has 0 unspecified atom stereocenters. The smallest absolute Gasteiger partial charge is 0.254 e. The Kier molecular flexibility index (Phi) is 3.89. The predicted octanol–water partition coefficient (Wildman–Crippen LogP) is 1.51. The van der Waals surface area contributed by atoms with E-state index >= 15 is 0 Å². The predicted molar refractivity (Wildman–Crippen MR) is 85.3 cm³/mol. The normalized spacial score (nSPS) is 13.3. The number of carbonyl (C=O) groups is 1. The second kappa shape index (κ2) is 5.86. The fraction of sp³-hybridized carbons (Fsp3) is 0.353. The van der Waals surface area contributed by atoms with Gasteiger partial charge in [0, 0.05) is 24.7 Å². The van der Waals surface area contributed by atoms with Crippen molar-refractivity contribution in [3.8, 4) is 6.07 Å². The summed E-state index contributed by atoms with van der Waals surface area (Å²) in [5, 5.41) is 13.5. The minimum absolute atomic E-state index is 0.0471. The van der Waals surface area contributed by atoms with Crippen LogP contribution in [0.3, 0.4) is 0 Å². The zero-order valence-corrected chi connectivity index (χ0v) is 13.6. The molecule has 0 bridgehead atoms. The molecule has 6 nitrogen and oxygen atoms in total. The highest BCUT2D eigenvalue weighted by Crippen LogP contribution is 2.27. The Morgan fingerprint density at radius 2 is 2.17 bits per heavy atom. The van der Waals surface area contributed by atoms with E-state index in [0.717, 1.165) is 23.5 Å². The molecule has 0 aliphatic carbocycles. The highest BCUT2D eigenvalue weighted by Gasteiger charge is 2.30. The molecule has 2 heterocycles. The molecular weight excluding hydrogens is 290 g/mol. The lowest BCUT2D eigenvalue weighted by atomic mass is 10.1. The minimum Gasteiger partial charge on any atom is -0.328 e. The lowest BCUT2D eigenvalue weighted by molar-refractivity contribution is 0.0748. The van der Waals surface area contributed by atoms with E-state index in [1.807, 2.05) is 30.7 Å². The van der Waals surface area contributed by atoms with Gasteiger partial charge in [-0.3, -0.25) is 9.48 Å². The number of benzene rings is 1. The summed E-state index contributed by atoms with van der Waals surface area (Å²) >= 11 is 0. The standard InChI is InChI=1S/C17H19N5O/c1-20(2)10-15-14-9-22(11-16(14)21(3)19-15)17(23)13-6-4-5-12(7-13)8-18/h4-7H,9-11H2,1-3H3. The molecule has 1 aliphatic rings. The van der Waals surface area contributed by atoms with Gasteiger partial charge in [0.1, 0.15) is 0 Å². The number of nitriles is 1. The Labute approximate surface area is 135 Å². The second-order valence-electron chi connectivity index (χ2n) is 6.09. The molecule has 1 aromatic carbocycles. The quantitative estimate of drug-likeness (QED) is 0.862. The van der Waals surface area contributed by atoms with E-state index in [1.165, 1.54) is 0 Å². The number of nitrogens with zero attached hydrogens (tertiary/aromatic N) is 5. The number of aromatic nitrogens is 2. The molecule has 0 atom stereocenters. The molecule has 0 N–H and O–H groups in total. The van der Waals surface area contributed by atoms with Gasteiger partial charge >= 0.3 is 0 Å². The van der Waals surface area contributed by atoms with Crippen molar-refractivity contribution in [2.75, 3.05) is 14.1 Å². The maximum Gasteiger partial charge on any atom is 0.254 e. The van der Waals surface area contributed by atoms with Gasteiger partial charge < -0.3 is 9.80 Å². The lowest BCUT2D eigenvalue weighted by Gasteiger charge is -2.17. The van der Waals surface area contributed by atoms with Crippen LogP contribution in [-0.4, -0.2) is 39.6 Å². The van der Waals surface area contributed by atoms with E-state index in [2.05, 4.69) is 16.1 Å². The third-order valence-corrected chi connectivity index (χ3v) is 4.04. The van der Waals surface area contributed by atoms with Crippen molar-refractivity contribution in [2.24, 2.45) is 7.05 Å². The van der Waals surface area contributed by atoms with Gasteiger partial charge in [0.25, 0.3) is 5.91 Å². The van der Waals surface area contributed by atoms with Crippen molar-refractivity contribution in [3.63, 3.8) is 0 Å². The highest BCUT2D eigenvalue weighted by molar-refractivity contribution is 5.94. The molecule has 23 heavy (non-hydrogen) atoms. The first-order valence-electron chi connectivity index (χ1n) is 7.47. The summed E-state index contributed by atoms with van der Waals surface area (Å²) in [7, 11) is 5.93. The van der Waals surface area contributed by atoms with Crippen molar-refractivity contribution in [2.45, 2.75) is 19.6 Å². The van der Waals surface area contributed by atoms with E-state index in [-0.39, 0.29) is 5.91 Å². The van der Waals surface area contributed by atoms with E-state index < -0.39 is 0 Å². The van der Waals surface area contributed by atoms with Gasteiger partial charge in [-0.25, -0.2) is 0 Å². The summed E-state index contributed by atoms with van der Waals surface area (Å²) in [6.45, 7) is 1.89. The van der Waals surface area contributed by atoms with Crippen LogP contribution in [0.5, 0.6) is 0 Å². The van der Waals surface area contributed by atoms with Crippen molar-refractivity contribution >= 4 is 5.91 Å². The summed E-state index contributed by atoms with van der Waals surface area (Å²) in [5.41, 5.74) is 4.31. The SMILES string of the molecule is CN(C)Cc1nn(C)c2c1CN(C(=O)c1cccc(C#N)c1)C2. The van der Waals surface area contributed by atoms with Gasteiger partial charge in [-0.2, -0.15) is 10.4 Å². The largest absolute Gasteiger partial charge is 0.328 e. The minimum atomic E-state index is -0.0471. The third kappa shape index (κ3) is 2.83. The molecule has 0 saturated heterocycles. The van der Waals surface area contributed by atoms with Gasteiger partial charge in [0.2, 0.25) is 0 Å². The molecule has 118 valence electrons. The highest BCUT2D eigenvalue weighted by atomic mass is 16.2. The summed E-state index contributed by atoms with van der Waals surface area (Å²) in [4.78, 5) is 16.6. The molecule has 3 rings (SSSR count). The van der Waals surface area contributed by atoms with E-state index in [9.17, 15) is 4.79 Å². The number of rotatable bonds is 3. The Bertz CT molecular complexity index is 800.